The number of aliphatic hydroxyl groups excluding tert-OH is 2. The number of ketones is 1. The molecular formula is C52H76N8O11S. The van der Waals surface area contributed by atoms with E-state index in [-0.39, 0.29) is 86.8 Å². The Kier molecular flexibility index (Phi) is 20.6. The van der Waals surface area contributed by atoms with E-state index in [1.807, 2.05) is 33.8 Å². The van der Waals surface area contributed by atoms with Crippen molar-refractivity contribution < 1.29 is 53.2 Å². The highest BCUT2D eigenvalue weighted by atomic mass is 32.2. The van der Waals surface area contributed by atoms with Crippen LogP contribution < -0.4 is 37.1 Å². The van der Waals surface area contributed by atoms with Crippen LogP contribution in [0.15, 0.2) is 58.0 Å². The zero-order valence-electron chi connectivity index (χ0n) is 43.5. The Bertz CT molecular complexity index is 2620. The molecule has 5 bridgehead atoms. The Hall–Kier alpha value is -5.82. The number of benzene rings is 2. The Labute approximate surface area is 425 Å². The van der Waals surface area contributed by atoms with Crippen LogP contribution in [0.5, 0.6) is 17.2 Å². The number of hydrogen-bond acceptors (Lipinski definition) is 17. The van der Waals surface area contributed by atoms with Crippen LogP contribution in [0.25, 0.3) is 10.8 Å². The van der Waals surface area contributed by atoms with Gasteiger partial charge in [0.1, 0.15) is 35.2 Å². The van der Waals surface area contributed by atoms with E-state index in [0.717, 1.165) is 18.7 Å². The molecule has 0 radical (unpaired) electrons. The highest BCUT2D eigenvalue weighted by Crippen LogP contribution is 2.50. The standard InChI is InChI=1S/C49H70N8O10S.C2H2.CH4O/c1-26(2)23-56-18-16-49(17-19-56)54-38-35-36-42(60)32(8)45-37(35)46(62)48(9,67-45)65-20-12-15-28(4)44(66-34(58)25-57(51)24-33(50)22-52-68(10)64)31(7)41(59)30(6)21-27(3)13-11-14-29(5)47(63)53-40(43(36)61)39(38)55-49;2*1-2/h11-14,20,24,26-28,30-31,41,44,52,59-61H,15-19,21-23,25,50-51H2,1-10H3,(H,53,63);1-2H;2H,1H3/b13-11+,20-12+,29-14-,33-24-;;/t27?,28-,30-,31-,41?,44?,48?,68?;;/m1../s1. The lowest BCUT2D eigenvalue weighted by Gasteiger charge is -2.36. The van der Waals surface area contributed by atoms with Crippen LogP contribution >= 0.6 is 0 Å². The van der Waals surface area contributed by atoms with Crippen LogP contribution in [0.4, 0.5) is 5.69 Å². The number of anilines is 1. The number of carbonyl (C=O) groups excluding carboxylic acids is 3. The maximum absolute atomic E-state index is 14.8. The summed E-state index contributed by atoms with van der Waals surface area (Å²) in [5, 5.41) is 47.2. The number of aliphatic hydroxyl groups is 2. The number of allylic oxidation sites excluding steroid dienone is 4. The molecule has 1 saturated heterocycles. The van der Waals surface area contributed by atoms with Crippen LogP contribution in [0.3, 0.4) is 0 Å². The highest BCUT2D eigenvalue weighted by Gasteiger charge is 2.50. The minimum absolute atomic E-state index is 0.0261. The van der Waals surface area contributed by atoms with E-state index in [9.17, 15) is 33.9 Å². The summed E-state index contributed by atoms with van der Waals surface area (Å²) in [5.74, 6) is 0.810. The van der Waals surface area contributed by atoms with Gasteiger partial charge in [-0.25, -0.2) is 14.8 Å². The first-order valence-electron chi connectivity index (χ1n) is 24.1. The van der Waals surface area contributed by atoms with Gasteiger partial charge in [0, 0.05) is 93.6 Å². The summed E-state index contributed by atoms with van der Waals surface area (Å²) in [6.45, 7) is 18.6. The maximum atomic E-state index is 14.8. The molecule has 5 aliphatic heterocycles. The lowest BCUT2D eigenvalue weighted by atomic mass is 9.80. The van der Waals surface area contributed by atoms with Gasteiger partial charge >= 0.3 is 11.8 Å². The fourth-order valence-corrected chi connectivity index (χ4v) is 10.00. The number of esters is 1. The molecule has 1 amide bonds. The zero-order valence-corrected chi connectivity index (χ0v) is 44.3. The van der Waals surface area contributed by atoms with Crippen molar-refractivity contribution in [3.63, 3.8) is 0 Å². The van der Waals surface area contributed by atoms with Crippen molar-refractivity contribution in [3.8, 4) is 30.1 Å². The first kappa shape index (κ1) is 58.7. The molecule has 72 heavy (non-hydrogen) atoms. The second-order valence-corrected chi connectivity index (χ2v) is 20.9. The average Bonchev–Trinajstić information content (AvgIpc) is 3.83. The summed E-state index contributed by atoms with van der Waals surface area (Å²) < 4.78 is 32.6. The van der Waals surface area contributed by atoms with Crippen molar-refractivity contribution in [1.29, 1.82) is 0 Å². The van der Waals surface area contributed by atoms with Crippen LogP contribution in [0.1, 0.15) is 97.0 Å². The largest absolute Gasteiger partial charge is 0.507 e. The molecule has 5 heterocycles. The van der Waals surface area contributed by atoms with Gasteiger partial charge in [-0.1, -0.05) is 59.8 Å². The number of Topliss-reactive ketones (excluding diaryl/α,β-unsaturated/α-hetero) is 1. The van der Waals surface area contributed by atoms with Gasteiger partial charge in [-0.05, 0) is 56.4 Å². The van der Waals surface area contributed by atoms with Gasteiger partial charge in [0.2, 0.25) is 0 Å². The number of ether oxygens (including phenoxy) is 3. The minimum atomic E-state index is -1.93. The number of carbonyl (C=O) groups is 3. The Morgan fingerprint density at radius 2 is 1.72 bits per heavy atom. The minimum Gasteiger partial charge on any atom is -0.507 e. The van der Waals surface area contributed by atoms with Crippen molar-refractivity contribution in [3.05, 3.63) is 69.9 Å². The van der Waals surface area contributed by atoms with Crippen molar-refractivity contribution in [2.24, 2.45) is 51.2 Å². The van der Waals surface area contributed by atoms with Crippen molar-refractivity contribution in [1.82, 2.24) is 14.6 Å². The lowest BCUT2D eigenvalue weighted by molar-refractivity contribution is -0.159. The van der Waals surface area contributed by atoms with Crippen molar-refractivity contribution in [2.75, 3.05) is 51.4 Å². The maximum Gasteiger partial charge on any atom is 0.327 e. The number of rotatable bonds is 9. The third-order valence-electron chi connectivity index (χ3n) is 13.3. The third-order valence-corrected chi connectivity index (χ3v) is 13.9. The highest BCUT2D eigenvalue weighted by molar-refractivity contribution is 7.82. The predicted octanol–water partition coefficient (Wildman–Crippen LogP) is 3.85. The number of phenols is 2. The number of amides is 1. The average molecular weight is 1020 g/mol. The van der Waals surface area contributed by atoms with Gasteiger partial charge in [0.25, 0.3) is 11.7 Å². The first-order chi connectivity index (χ1) is 34.0. The molecular weight excluding hydrogens is 945 g/mol. The summed E-state index contributed by atoms with van der Waals surface area (Å²) in [6, 6.07) is 0. The summed E-state index contributed by atoms with van der Waals surface area (Å²) in [5.41, 5.74) is 5.78. The number of fused-ring (bicyclic) bond motifs is 13. The van der Waals surface area contributed by atoms with Gasteiger partial charge in [-0.3, -0.25) is 24.4 Å². The zero-order chi connectivity index (χ0) is 54.0. The Morgan fingerprint density at radius 1 is 1.08 bits per heavy atom. The third kappa shape index (κ3) is 13.4. The number of terminal acetylenes is 1. The quantitative estimate of drug-likeness (QED) is 0.0582. The van der Waals surface area contributed by atoms with Gasteiger partial charge in [0.05, 0.1) is 39.7 Å². The smallest absolute Gasteiger partial charge is 0.327 e. The summed E-state index contributed by atoms with van der Waals surface area (Å²) >= 11 is 0. The molecule has 1 spiro atoms. The SMILES string of the molecule is C#C.C/C1=C/C=C/C(C)C[C@@H](C)C(O)[C@@H](C)C(OC(=O)CN(N)/C=C(\N)CNS(C)=O)[C@H](C)C/C=C/OC2(C)Oc3c(C)c(O)c4c(O)c(c5c(c4c3C2=O)=NC2(CCN(CC(C)C)CC2)N=5)NC1=O.CO. The summed E-state index contributed by atoms with van der Waals surface area (Å²) in [6.07, 6.45) is 19.4. The second kappa shape index (κ2) is 25.2. The van der Waals surface area contributed by atoms with Crippen LogP contribution in [-0.2, 0) is 30.0 Å². The molecule has 20 heteroatoms. The van der Waals surface area contributed by atoms with Crippen LogP contribution in [0, 0.1) is 49.4 Å². The summed E-state index contributed by atoms with van der Waals surface area (Å²) in [4.78, 5) is 54.9. The second-order valence-electron chi connectivity index (χ2n) is 19.7. The summed E-state index contributed by atoms with van der Waals surface area (Å²) in [7, 11) is -0.306. The fourth-order valence-electron chi connectivity index (χ4n) is 9.63. The number of hydrogen-bond donors (Lipinski definition) is 8. The molecule has 5 aliphatic rings. The van der Waals surface area contributed by atoms with E-state index in [1.54, 1.807) is 32.1 Å². The van der Waals surface area contributed by atoms with E-state index < -0.39 is 69.9 Å². The predicted molar refractivity (Wildman–Crippen MR) is 278 cm³/mol. The number of likely N-dealkylation sites (tertiary alicyclic amines) is 1. The molecule has 0 saturated carbocycles. The van der Waals surface area contributed by atoms with E-state index in [4.69, 9.17) is 40.9 Å². The molecule has 2 aromatic rings. The van der Waals surface area contributed by atoms with Crippen LogP contribution in [0.2, 0.25) is 0 Å². The number of hydrazine groups is 1. The first-order valence-corrected chi connectivity index (χ1v) is 25.7. The monoisotopic (exact) mass is 1020 g/mol. The van der Waals surface area contributed by atoms with Gasteiger partial charge in [0.15, 0.2) is 11.4 Å². The van der Waals surface area contributed by atoms with E-state index in [1.165, 1.54) is 25.6 Å². The topological polar surface area (TPSA) is 284 Å². The normalized spacial score (nSPS) is 27.5. The molecule has 7 rings (SSSR count). The van der Waals surface area contributed by atoms with Crippen LogP contribution in [-0.4, -0.2) is 122 Å². The molecule has 10 N–H and O–H groups in total. The molecule has 396 valence electrons. The van der Waals surface area contributed by atoms with Gasteiger partial charge in [-0.15, -0.1) is 12.8 Å². The number of aromatic hydroxyl groups is 2. The number of nitrogens with two attached hydrogens (primary N) is 2. The Balaban J connectivity index is 0.00000274. The van der Waals surface area contributed by atoms with Gasteiger partial charge < -0.3 is 55.6 Å². The number of phenolic OH excluding ortho intramolecular Hbond substituents is 2. The number of nitrogens with one attached hydrogen (secondary N) is 2. The van der Waals surface area contributed by atoms with Gasteiger partial charge in [-0.2, -0.15) is 0 Å². The molecule has 2 aromatic carbocycles. The van der Waals surface area contributed by atoms with E-state index >= 15 is 0 Å². The van der Waals surface area contributed by atoms with E-state index in [0.29, 0.717) is 43.8 Å². The van der Waals surface area contributed by atoms with Crippen molar-refractivity contribution in [2.45, 2.75) is 112 Å². The van der Waals surface area contributed by atoms with Crippen molar-refractivity contribution >= 4 is 45.1 Å². The molecule has 1 fully saturated rings. The number of nitrogens with zero attached hydrogens (tertiary/aromatic N) is 4. The molecule has 8 atom stereocenters. The number of piperidine rings is 1. The fraction of sp³-hybridized carbons (Fsp3) is 0.558. The molecule has 0 aromatic heterocycles. The molecule has 5 unspecified atom stereocenters. The molecule has 0 aliphatic carbocycles. The lowest BCUT2D eigenvalue weighted by Crippen LogP contribution is -2.43. The van der Waals surface area contributed by atoms with E-state index in [2.05, 4.69) is 41.6 Å². The molecule has 19 nitrogen and oxygen atoms in total. The Morgan fingerprint density at radius 3 is 2.35 bits per heavy atom.